The zero-order chi connectivity index (χ0) is 23.1. The van der Waals surface area contributed by atoms with E-state index in [1.807, 2.05) is 49.4 Å². The highest BCUT2D eigenvalue weighted by atomic mass is 32.1. The van der Waals surface area contributed by atoms with Crippen molar-refractivity contribution in [2.75, 3.05) is 5.32 Å². The molecule has 1 N–H and O–H groups in total. The Morgan fingerprint density at radius 2 is 2.06 bits per heavy atom. The number of carbonyl (C=O) groups excluding carboxylic acids is 1. The predicted molar refractivity (Wildman–Crippen MR) is 131 cm³/mol. The third-order valence-electron chi connectivity index (χ3n) is 5.45. The van der Waals surface area contributed by atoms with Crippen molar-refractivity contribution in [1.29, 1.82) is 0 Å². The highest BCUT2D eigenvalue weighted by molar-refractivity contribution is 7.18. The van der Waals surface area contributed by atoms with Crippen LogP contribution in [0.15, 0.2) is 77.8 Å². The van der Waals surface area contributed by atoms with Crippen molar-refractivity contribution >= 4 is 44.2 Å². The number of hydrogen-bond donors (Lipinski definition) is 1. The van der Waals surface area contributed by atoms with E-state index in [1.165, 1.54) is 0 Å². The second kappa shape index (κ2) is 8.20. The number of pyridine rings is 2. The number of nitrogens with zero attached hydrogens (tertiary/aromatic N) is 5. The van der Waals surface area contributed by atoms with Crippen LogP contribution in [0.3, 0.4) is 0 Å². The van der Waals surface area contributed by atoms with E-state index in [4.69, 9.17) is 9.40 Å². The lowest BCUT2D eigenvalue weighted by Crippen LogP contribution is -2.13. The average molecular weight is 467 g/mol. The number of hydrogen-bond acceptors (Lipinski definition) is 7. The van der Waals surface area contributed by atoms with Gasteiger partial charge in [-0.05, 0) is 55.5 Å². The van der Waals surface area contributed by atoms with Crippen molar-refractivity contribution < 1.29 is 9.21 Å². The smallest absolute Gasteiger partial charge is 0.256 e. The van der Waals surface area contributed by atoms with Gasteiger partial charge in [-0.25, -0.2) is 14.6 Å². The molecule has 6 rings (SSSR count). The van der Waals surface area contributed by atoms with E-state index >= 15 is 0 Å². The Morgan fingerprint density at radius 3 is 2.88 bits per heavy atom. The molecule has 0 aliphatic rings. The average Bonchev–Trinajstić information content (AvgIpc) is 3.59. The van der Waals surface area contributed by atoms with Gasteiger partial charge in [0.15, 0.2) is 5.65 Å². The normalized spacial score (nSPS) is 11.3. The summed E-state index contributed by atoms with van der Waals surface area (Å²) < 4.78 is 8.24. The summed E-state index contributed by atoms with van der Waals surface area (Å²) in [5, 5.41) is 9.16. The Morgan fingerprint density at radius 1 is 1.12 bits per heavy atom. The summed E-state index contributed by atoms with van der Waals surface area (Å²) in [7, 11) is 0. The minimum atomic E-state index is -0.240. The molecule has 5 heterocycles. The second-order valence-corrected chi connectivity index (χ2v) is 9.02. The molecular formula is C25H18N6O2S. The zero-order valence-electron chi connectivity index (χ0n) is 18.1. The minimum absolute atomic E-state index is 0.240. The van der Waals surface area contributed by atoms with Crippen LogP contribution in [0.5, 0.6) is 0 Å². The Bertz CT molecular complexity index is 1640. The second-order valence-electron chi connectivity index (χ2n) is 7.79. The third-order valence-corrected chi connectivity index (χ3v) is 6.38. The third kappa shape index (κ3) is 3.71. The first-order valence-corrected chi connectivity index (χ1v) is 11.4. The van der Waals surface area contributed by atoms with Crippen molar-refractivity contribution in [2.45, 2.75) is 13.5 Å². The van der Waals surface area contributed by atoms with Gasteiger partial charge in [-0.2, -0.15) is 5.10 Å². The number of anilines is 1. The van der Waals surface area contributed by atoms with Crippen LogP contribution in [0, 0.1) is 6.92 Å². The molecule has 166 valence electrons. The van der Waals surface area contributed by atoms with Gasteiger partial charge in [0.1, 0.15) is 12.3 Å². The van der Waals surface area contributed by atoms with E-state index in [2.05, 4.69) is 20.4 Å². The van der Waals surface area contributed by atoms with Crippen LogP contribution in [0.4, 0.5) is 5.69 Å². The molecule has 0 spiro atoms. The number of nitrogens with one attached hydrogen (secondary N) is 1. The number of benzene rings is 1. The fraction of sp³-hybridized carbons (Fsp3) is 0.0800. The summed E-state index contributed by atoms with van der Waals surface area (Å²) in [4.78, 5) is 27.0. The lowest BCUT2D eigenvalue weighted by atomic mass is 10.1. The van der Waals surface area contributed by atoms with Crippen molar-refractivity contribution in [2.24, 2.45) is 0 Å². The summed E-state index contributed by atoms with van der Waals surface area (Å²) in [6, 6.07) is 15.0. The molecule has 9 heteroatoms. The maximum Gasteiger partial charge on any atom is 0.256 e. The van der Waals surface area contributed by atoms with Gasteiger partial charge in [0.2, 0.25) is 0 Å². The molecule has 1 aromatic carbocycles. The van der Waals surface area contributed by atoms with Crippen molar-refractivity contribution in [3.8, 4) is 11.3 Å². The van der Waals surface area contributed by atoms with Crippen LogP contribution in [-0.2, 0) is 6.54 Å². The number of carbonyl (C=O) groups is 1. The molecule has 0 aliphatic heterocycles. The van der Waals surface area contributed by atoms with Gasteiger partial charge in [-0.1, -0.05) is 0 Å². The van der Waals surface area contributed by atoms with Gasteiger partial charge < -0.3 is 9.73 Å². The van der Waals surface area contributed by atoms with Crippen molar-refractivity contribution in [3.05, 3.63) is 89.7 Å². The number of fused-ring (bicyclic) bond motifs is 2. The van der Waals surface area contributed by atoms with Crippen molar-refractivity contribution in [1.82, 2.24) is 24.7 Å². The molecule has 0 saturated heterocycles. The number of aryl methyl sites for hydroxylation is 1. The molecule has 0 unspecified atom stereocenters. The molecule has 8 nitrogen and oxygen atoms in total. The standard InChI is InChI=1S/C25H18N6O2S/c1-15-28-21-7-6-17(10-23(21)34-15)29-25(32)19-11-22(16-4-2-8-26-12-16)30-24-20(19)13-27-31(24)14-18-5-3-9-33-18/h2-13H,14H2,1H3,(H,29,32). The van der Waals surface area contributed by atoms with Gasteiger partial charge in [-0.15, -0.1) is 11.3 Å². The molecule has 6 aromatic rings. The van der Waals surface area contributed by atoms with Gasteiger partial charge >= 0.3 is 0 Å². The van der Waals surface area contributed by atoms with Gasteiger partial charge in [0.05, 0.1) is 44.3 Å². The maximum atomic E-state index is 13.5. The first-order chi connectivity index (χ1) is 16.6. The molecule has 0 aliphatic carbocycles. The largest absolute Gasteiger partial charge is 0.467 e. The topological polar surface area (TPSA) is 98.7 Å². The van der Waals surface area contributed by atoms with E-state index in [-0.39, 0.29) is 5.91 Å². The van der Waals surface area contributed by atoms with Gasteiger partial charge in [0.25, 0.3) is 5.91 Å². The van der Waals surface area contributed by atoms with Crippen LogP contribution < -0.4 is 5.32 Å². The molecule has 34 heavy (non-hydrogen) atoms. The summed E-state index contributed by atoms with van der Waals surface area (Å²) in [5.41, 5.74) is 4.15. The number of aromatic nitrogens is 5. The highest BCUT2D eigenvalue weighted by Crippen LogP contribution is 2.28. The van der Waals surface area contributed by atoms with Crippen LogP contribution >= 0.6 is 11.3 Å². The Kier molecular flexibility index (Phi) is 4.88. The molecule has 0 bridgehead atoms. The first-order valence-electron chi connectivity index (χ1n) is 10.6. The summed E-state index contributed by atoms with van der Waals surface area (Å²) >= 11 is 1.59. The Labute approximate surface area is 197 Å². The SMILES string of the molecule is Cc1nc2ccc(NC(=O)c3cc(-c4cccnc4)nc4c3cnn4Cc3ccco3)cc2s1. The summed E-state index contributed by atoms with van der Waals surface area (Å²) in [6.45, 7) is 2.37. The quantitative estimate of drug-likeness (QED) is 0.370. The zero-order valence-corrected chi connectivity index (χ0v) is 18.9. The Balaban J connectivity index is 1.43. The monoisotopic (exact) mass is 466 g/mol. The van der Waals surface area contributed by atoms with Crippen molar-refractivity contribution in [3.63, 3.8) is 0 Å². The van der Waals surface area contributed by atoms with Gasteiger partial charge in [0, 0.05) is 23.6 Å². The predicted octanol–water partition coefficient (Wildman–Crippen LogP) is 5.31. The molecule has 0 fully saturated rings. The van der Waals surface area contributed by atoms with Crippen LogP contribution in [-0.4, -0.2) is 30.6 Å². The highest BCUT2D eigenvalue weighted by Gasteiger charge is 2.19. The summed E-state index contributed by atoms with van der Waals surface area (Å²) in [6.07, 6.45) is 6.72. The molecular weight excluding hydrogens is 448 g/mol. The molecule has 5 aromatic heterocycles. The minimum Gasteiger partial charge on any atom is -0.467 e. The lowest BCUT2D eigenvalue weighted by Gasteiger charge is -2.10. The van der Waals surface area contributed by atoms with Crippen LogP contribution in [0.2, 0.25) is 0 Å². The fourth-order valence-electron chi connectivity index (χ4n) is 3.88. The Hall–Kier alpha value is -4.37. The number of thiazole rings is 1. The molecule has 0 radical (unpaired) electrons. The number of furan rings is 1. The molecule has 0 atom stereocenters. The maximum absolute atomic E-state index is 13.5. The van der Waals surface area contributed by atoms with E-state index < -0.39 is 0 Å². The van der Waals surface area contributed by atoms with E-state index in [0.717, 1.165) is 26.5 Å². The molecule has 0 saturated carbocycles. The number of rotatable bonds is 5. The van der Waals surface area contributed by atoms with Gasteiger partial charge in [-0.3, -0.25) is 9.78 Å². The van der Waals surface area contributed by atoms with Crippen LogP contribution in [0.25, 0.3) is 32.5 Å². The van der Waals surface area contributed by atoms with E-state index in [0.29, 0.717) is 34.5 Å². The van der Waals surface area contributed by atoms with E-state index in [9.17, 15) is 4.79 Å². The summed E-state index contributed by atoms with van der Waals surface area (Å²) in [5.74, 6) is 0.508. The molecule has 1 amide bonds. The first kappa shape index (κ1) is 20.3. The number of amides is 1. The fourth-order valence-corrected chi connectivity index (χ4v) is 4.75. The van der Waals surface area contributed by atoms with Crippen LogP contribution in [0.1, 0.15) is 21.1 Å². The lowest BCUT2D eigenvalue weighted by molar-refractivity contribution is 0.102. The van der Waals surface area contributed by atoms with E-state index in [1.54, 1.807) is 46.9 Å².